The number of aryl methyl sites for hydroxylation is 1. The Labute approximate surface area is 203 Å². The van der Waals surface area contributed by atoms with Crippen molar-refractivity contribution in [3.05, 3.63) is 71.3 Å². The summed E-state index contributed by atoms with van der Waals surface area (Å²) in [5, 5.41) is 14.4. The van der Waals surface area contributed by atoms with Gasteiger partial charge in [-0.05, 0) is 42.2 Å². The van der Waals surface area contributed by atoms with Crippen LogP contribution in [0, 0.1) is 0 Å². The summed E-state index contributed by atoms with van der Waals surface area (Å²) < 4.78 is 7.02. The highest BCUT2D eigenvalue weighted by molar-refractivity contribution is 6.23. The summed E-state index contributed by atoms with van der Waals surface area (Å²) in [6.45, 7) is 6.23. The molecular weight excluding hydrogens is 452 g/mol. The van der Waals surface area contributed by atoms with Gasteiger partial charge in [0.2, 0.25) is 5.82 Å². The molecule has 0 saturated heterocycles. The average molecular weight is 479 g/mol. The Morgan fingerprint density at radius 2 is 1.82 bits per heavy atom. The number of carbonyl (C=O) groups excluding carboxylic acids is 1. The molecule has 9 heteroatoms. The lowest BCUT2D eigenvalue weighted by atomic mass is 9.98. The van der Waals surface area contributed by atoms with E-state index >= 15 is 0 Å². The number of tetrazole rings is 1. The molecule has 176 valence electrons. The van der Waals surface area contributed by atoms with E-state index in [1.165, 1.54) is 7.11 Å². The molecule has 2 heterocycles. The van der Waals surface area contributed by atoms with Gasteiger partial charge in [0, 0.05) is 18.5 Å². The minimum atomic E-state index is -0.806. The van der Waals surface area contributed by atoms with Crippen molar-refractivity contribution in [1.82, 2.24) is 30.2 Å². The molecule has 0 aliphatic carbocycles. The van der Waals surface area contributed by atoms with Gasteiger partial charge in [0.1, 0.15) is 5.82 Å². The summed E-state index contributed by atoms with van der Waals surface area (Å²) in [6, 6.07) is 16.1. The largest absolute Gasteiger partial charge is 0.464 e. The SMILES string of the molecule is CCCc1nc(C(C)(C)Cl)c(C(=O)OC)n1Cc1ccc(-c2ccccc2-c2nn[nH]n2)cc1. The number of carbonyl (C=O) groups is 1. The third-order valence-corrected chi connectivity index (χ3v) is 5.76. The van der Waals surface area contributed by atoms with Gasteiger partial charge < -0.3 is 9.30 Å². The molecule has 0 radical (unpaired) electrons. The van der Waals surface area contributed by atoms with Crippen molar-refractivity contribution in [3.8, 4) is 22.5 Å². The second-order valence-electron chi connectivity index (χ2n) is 8.50. The predicted octanol–water partition coefficient (Wildman–Crippen LogP) is 4.99. The lowest BCUT2D eigenvalue weighted by molar-refractivity contribution is 0.0586. The van der Waals surface area contributed by atoms with Crippen LogP contribution in [0.3, 0.4) is 0 Å². The molecular formula is C25H27ClN6O2. The normalized spacial score (nSPS) is 11.6. The Morgan fingerprint density at radius 1 is 1.12 bits per heavy atom. The number of rotatable bonds is 8. The third kappa shape index (κ3) is 4.72. The number of aromatic nitrogens is 6. The van der Waals surface area contributed by atoms with Crippen molar-refractivity contribution in [2.45, 2.75) is 45.0 Å². The molecule has 34 heavy (non-hydrogen) atoms. The van der Waals surface area contributed by atoms with Gasteiger partial charge in [0.15, 0.2) is 5.69 Å². The highest BCUT2D eigenvalue weighted by atomic mass is 35.5. The van der Waals surface area contributed by atoms with Crippen molar-refractivity contribution in [3.63, 3.8) is 0 Å². The molecule has 4 aromatic rings. The number of nitrogens with zero attached hydrogens (tertiary/aromatic N) is 5. The zero-order chi connectivity index (χ0) is 24.3. The van der Waals surface area contributed by atoms with E-state index < -0.39 is 10.8 Å². The molecule has 0 spiro atoms. The molecule has 0 amide bonds. The fraction of sp³-hybridized carbons (Fsp3) is 0.320. The minimum Gasteiger partial charge on any atom is -0.464 e. The number of methoxy groups -OCH3 is 1. The molecule has 2 aromatic carbocycles. The van der Waals surface area contributed by atoms with E-state index in [9.17, 15) is 4.79 Å². The zero-order valence-electron chi connectivity index (χ0n) is 19.7. The van der Waals surface area contributed by atoms with Crippen molar-refractivity contribution >= 4 is 17.6 Å². The van der Waals surface area contributed by atoms with Crippen LogP contribution >= 0.6 is 11.6 Å². The van der Waals surface area contributed by atoms with Gasteiger partial charge in [-0.25, -0.2) is 9.78 Å². The van der Waals surface area contributed by atoms with Crippen molar-refractivity contribution in [1.29, 1.82) is 0 Å². The number of H-pyrrole nitrogens is 1. The molecule has 0 aliphatic heterocycles. The van der Waals surface area contributed by atoms with E-state index in [0.29, 0.717) is 23.8 Å². The fourth-order valence-corrected chi connectivity index (χ4v) is 4.11. The first-order chi connectivity index (χ1) is 16.3. The van der Waals surface area contributed by atoms with E-state index in [0.717, 1.165) is 40.9 Å². The van der Waals surface area contributed by atoms with Crippen LogP contribution in [0.1, 0.15) is 54.8 Å². The second-order valence-corrected chi connectivity index (χ2v) is 9.45. The molecule has 4 rings (SSSR count). The zero-order valence-corrected chi connectivity index (χ0v) is 20.4. The van der Waals surface area contributed by atoms with E-state index in [1.807, 2.05) is 54.8 Å². The van der Waals surface area contributed by atoms with Gasteiger partial charge in [0.05, 0.1) is 17.7 Å². The Kier molecular flexibility index (Phi) is 6.79. The molecule has 0 unspecified atom stereocenters. The molecule has 0 fully saturated rings. The number of esters is 1. The van der Waals surface area contributed by atoms with Crippen LogP contribution in [0.4, 0.5) is 0 Å². The Morgan fingerprint density at radius 3 is 2.41 bits per heavy atom. The molecule has 1 N–H and O–H groups in total. The van der Waals surface area contributed by atoms with Gasteiger partial charge in [-0.3, -0.25) is 0 Å². The van der Waals surface area contributed by atoms with Crippen LogP contribution in [-0.2, 0) is 22.6 Å². The summed E-state index contributed by atoms with van der Waals surface area (Å²) in [5.41, 5.74) is 4.89. The topological polar surface area (TPSA) is 98.6 Å². The molecule has 8 nitrogen and oxygen atoms in total. The van der Waals surface area contributed by atoms with Crippen molar-refractivity contribution in [2.24, 2.45) is 0 Å². The summed E-state index contributed by atoms with van der Waals surface area (Å²) >= 11 is 6.60. The number of hydrogen-bond donors (Lipinski definition) is 1. The number of nitrogens with one attached hydrogen (secondary N) is 1. The first kappa shape index (κ1) is 23.6. The molecule has 0 saturated carbocycles. The number of ether oxygens (including phenoxy) is 1. The first-order valence-electron chi connectivity index (χ1n) is 11.1. The number of benzene rings is 2. The third-order valence-electron chi connectivity index (χ3n) is 5.58. The highest BCUT2D eigenvalue weighted by Crippen LogP contribution is 2.33. The quantitative estimate of drug-likeness (QED) is 0.283. The predicted molar refractivity (Wildman–Crippen MR) is 131 cm³/mol. The standard InChI is InChI=1S/C25H27ClN6O2/c1-5-8-20-27-22(25(2,3)26)21(24(33)34-4)32(20)15-16-11-13-17(14-12-16)18-9-6-7-10-19(18)23-28-30-31-29-23/h6-7,9-14H,5,8,15H2,1-4H3,(H,28,29,30,31). The van der Waals surface area contributed by atoms with Gasteiger partial charge in [-0.15, -0.1) is 21.8 Å². The van der Waals surface area contributed by atoms with Gasteiger partial charge in [-0.2, -0.15) is 5.21 Å². The summed E-state index contributed by atoms with van der Waals surface area (Å²) in [5.74, 6) is 0.920. The van der Waals surface area contributed by atoms with Crippen LogP contribution in [-0.4, -0.2) is 43.3 Å². The smallest absolute Gasteiger partial charge is 0.356 e. The van der Waals surface area contributed by atoms with Crippen LogP contribution in [0.15, 0.2) is 48.5 Å². The van der Waals surface area contributed by atoms with Crippen LogP contribution in [0.2, 0.25) is 0 Å². The number of halogens is 1. The molecule has 0 atom stereocenters. The van der Waals surface area contributed by atoms with E-state index in [2.05, 4.69) is 39.7 Å². The minimum absolute atomic E-state index is 0.400. The molecule has 0 bridgehead atoms. The maximum Gasteiger partial charge on any atom is 0.356 e. The van der Waals surface area contributed by atoms with Gasteiger partial charge in [0.25, 0.3) is 0 Å². The van der Waals surface area contributed by atoms with Crippen LogP contribution in [0.5, 0.6) is 0 Å². The summed E-state index contributed by atoms with van der Waals surface area (Å²) in [4.78, 5) is 16.7. The van der Waals surface area contributed by atoms with Gasteiger partial charge >= 0.3 is 5.97 Å². The van der Waals surface area contributed by atoms with E-state index in [1.54, 1.807) is 0 Å². The number of imidazole rings is 1. The monoisotopic (exact) mass is 478 g/mol. The Hall–Kier alpha value is -3.52. The molecule has 0 aliphatic rings. The number of hydrogen-bond acceptors (Lipinski definition) is 6. The lowest BCUT2D eigenvalue weighted by Crippen LogP contribution is -2.19. The lowest BCUT2D eigenvalue weighted by Gasteiger charge is -2.16. The Balaban J connectivity index is 1.71. The summed E-state index contributed by atoms with van der Waals surface area (Å²) in [6.07, 6.45) is 1.62. The summed E-state index contributed by atoms with van der Waals surface area (Å²) in [7, 11) is 1.38. The van der Waals surface area contributed by atoms with E-state index in [4.69, 9.17) is 21.3 Å². The molecule has 2 aromatic heterocycles. The van der Waals surface area contributed by atoms with E-state index in [-0.39, 0.29) is 0 Å². The first-order valence-corrected chi connectivity index (χ1v) is 11.5. The van der Waals surface area contributed by atoms with Crippen LogP contribution < -0.4 is 0 Å². The highest BCUT2D eigenvalue weighted by Gasteiger charge is 2.32. The maximum atomic E-state index is 12.7. The second kappa shape index (κ2) is 9.77. The van der Waals surface area contributed by atoms with Crippen molar-refractivity contribution < 1.29 is 9.53 Å². The van der Waals surface area contributed by atoms with Crippen LogP contribution in [0.25, 0.3) is 22.5 Å². The number of alkyl halides is 1. The average Bonchev–Trinajstić information content (AvgIpc) is 3.48. The number of aromatic amines is 1. The maximum absolute atomic E-state index is 12.7. The van der Waals surface area contributed by atoms with Crippen molar-refractivity contribution in [2.75, 3.05) is 7.11 Å². The fourth-order valence-electron chi connectivity index (χ4n) is 3.98. The van der Waals surface area contributed by atoms with Gasteiger partial charge in [-0.1, -0.05) is 55.5 Å². The Bertz CT molecular complexity index is 1270.